The Bertz CT molecular complexity index is 939. The van der Waals surface area contributed by atoms with Crippen LogP contribution in [0.4, 0.5) is 10.1 Å². The number of halogens is 1. The molecule has 0 aliphatic carbocycles. The molecule has 0 atom stereocenters. The Kier molecular flexibility index (Phi) is 6.68. The average molecular weight is 393 g/mol. The van der Waals surface area contributed by atoms with Crippen molar-refractivity contribution in [3.05, 3.63) is 59.4 Å². The van der Waals surface area contributed by atoms with Crippen molar-refractivity contribution in [2.75, 3.05) is 17.7 Å². The summed E-state index contributed by atoms with van der Waals surface area (Å²) in [5.74, 6) is -2.37. The Morgan fingerprint density at radius 3 is 2.41 bits per heavy atom. The molecule has 1 N–H and O–H groups in total. The molecule has 2 aromatic carbocycles. The molecular formula is C19H20FNO5S. The summed E-state index contributed by atoms with van der Waals surface area (Å²) in [5.41, 5.74) is 2.54. The van der Waals surface area contributed by atoms with Crippen molar-refractivity contribution in [2.45, 2.75) is 25.2 Å². The van der Waals surface area contributed by atoms with Crippen LogP contribution >= 0.6 is 0 Å². The van der Waals surface area contributed by atoms with E-state index in [1.54, 1.807) is 12.1 Å². The maximum absolute atomic E-state index is 12.9. The lowest BCUT2D eigenvalue weighted by Crippen LogP contribution is -2.22. The Hall–Kier alpha value is -2.74. The molecule has 2 aromatic rings. The lowest BCUT2D eigenvalue weighted by atomic mass is 10.1. The highest BCUT2D eigenvalue weighted by atomic mass is 32.2. The maximum Gasteiger partial charge on any atom is 0.307 e. The highest BCUT2D eigenvalue weighted by Crippen LogP contribution is 2.18. The minimum atomic E-state index is -3.74. The molecule has 0 bridgehead atoms. The van der Waals surface area contributed by atoms with Crippen LogP contribution in [0.2, 0.25) is 0 Å². The van der Waals surface area contributed by atoms with Crippen LogP contribution in [0.3, 0.4) is 0 Å². The van der Waals surface area contributed by atoms with Gasteiger partial charge in [-0.15, -0.1) is 0 Å². The van der Waals surface area contributed by atoms with E-state index < -0.39 is 46.3 Å². The first-order valence-corrected chi connectivity index (χ1v) is 9.84. The molecule has 6 nitrogen and oxygen atoms in total. The number of anilines is 1. The Labute approximate surface area is 157 Å². The minimum absolute atomic E-state index is 0.0793. The Morgan fingerprint density at radius 1 is 1.07 bits per heavy atom. The fourth-order valence-electron chi connectivity index (χ4n) is 2.27. The minimum Gasteiger partial charge on any atom is -0.456 e. The van der Waals surface area contributed by atoms with Crippen LogP contribution in [0.5, 0.6) is 0 Å². The first kappa shape index (κ1) is 20.6. The molecule has 0 unspecified atom stereocenters. The number of hydrogen-bond acceptors (Lipinski definition) is 5. The molecule has 0 heterocycles. The molecule has 0 saturated heterocycles. The fraction of sp³-hybridized carbons (Fsp3) is 0.263. The van der Waals surface area contributed by atoms with Crippen molar-refractivity contribution in [1.82, 2.24) is 0 Å². The zero-order valence-electron chi connectivity index (χ0n) is 15.0. The first-order chi connectivity index (χ1) is 12.7. The van der Waals surface area contributed by atoms with E-state index in [1.165, 1.54) is 0 Å². The predicted molar refractivity (Wildman–Crippen MR) is 98.6 cm³/mol. The van der Waals surface area contributed by atoms with Crippen LogP contribution in [-0.4, -0.2) is 32.7 Å². The van der Waals surface area contributed by atoms with Gasteiger partial charge < -0.3 is 10.1 Å². The zero-order valence-corrected chi connectivity index (χ0v) is 15.8. The smallest absolute Gasteiger partial charge is 0.307 e. The highest BCUT2D eigenvalue weighted by Gasteiger charge is 2.18. The van der Waals surface area contributed by atoms with Crippen LogP contribution in [0.1, 0.15) is 17.5 Å². The number of esters is 1. The van der Waals surface area contributed by atoms with E-state index in [1.807, 2.05) is 19.9 Å². The molecule has 0 saturated carbocycles. The maximum atomic E-state index is 12.9. The molecule has 0 aliphatic rings. The summed E-state index contributed by atoms with van der Waals surface area (Å²) in [5, 5.41) is 2.64. The molecule has 2 rings (SSSR count). The molecule has 8 heteroatoms. The summed E-state index contributed by atoms with van der Waals surface area (Å²) >= 11 is 0. The molecule has 0 spiro atoms. The number of sulfone groups is 1. The van der Waals surface area contributed by atoms with Gasteiger partial charge in [0.1, 0.15) is 5.82 Å². The second-order valence-electron chi connectivity index (χ2n) is 5.98. The molecule has 0 aromatic heterocycles. The third-order valence-corrected chi connectivity index (χ3v) is 5.72. The van der Waals surface area contributed by atoms with Gasteiger partial charge in [0.2, 0.25) is 0 Å². The van der Waals surface area contributed by atoms with Crippen molar-refractivity contribution < 1.29 is 27.1 Å². The normalized spacial score (nSPS) is 11.1. The Balaban J connectivity index is 1.82. The standard InChI is InChI=1S/C19H20FNO5S/c1-13-4-3-5-17(14(13)2)21-18(22)12-26-19(23)10-11-27(24,25)16-8-6-15(20)7-9-16/h3-9H,10-12H2,1-2H3,(H,21,22). The van der Waals surface area contributed by atoms with E-state index in [0.29, 0.717) is 5.69 Å². The summed E-state index contributed by atoms with van der Waals surface area (Å²) < 4.78 is 41.9. The number of rotatable bonds is 7. The van der Waals surface area contributed by atoms with Gasteiger partial charge in [0.25, 0.3) is 5.91 Å². The second-order valence-corrected chi connectivity index (χ2v) is 8.09. The summed E-state index contributed by atoms with van der Waals surface area (Å²) in [6.45, 7) is 3.26. The molecule has 1 amide bonds. The van der Waals surface area contributed by atoms with Gasteiger partial charge in [-0.3, -0.25) is 9.59 Å². The van der Waals surface area contributed by atoms with Gasteiger partial charge in [0.15, 0.2) is 16.4 Å². The third kappa shape index (κ3) is 5.89. The average Bonchev–Trinajstić information content (AvgIpc) is 2.62. The van der Waals surface area contributed by atoms with Crippen molar-refractivity contribution in [2.24, 2.45) is 0 Å². The largest absolute Gasteiger partial charge is 0.456 e. The molecule has 0 radical (unpaired) electrons. The van der Waals surface area contributed by atoms with Crippen molar-refractivity contribution in [3.63, 3.8) is 0 Å². The summed E-state index contributed by atoms with van der Waals surface area (Å²) in [4.78, 5) is 23.5. The number of ether oxygens (including phenoxy) is 1. The van der Waals surface area contributed by atoms with Crippen molar-refractivity contribution in [1.29, 1.82) is 0 Å². The second kappa shape index (κ2) is 8.77. The number of carbonyl (C=O) groups excluding carboxylic acids is 2. The molecular weight excluding hydrogens is 373 g/mol. The number of benzene rings is 2. The van der Waals surface area contributed by atoms with Gasteiger partial charge in [-0.1, -0.05) is 12.1 Å². The van der Waals surface area contributed by atoms with E-state index >= 15 is 0 Å². The Morgan fingerprint density at radius 2 is 1.74 bits per heavy atom. The van der Waals surface area contributed by atoms with Gasteiger partial charge in [0, 0.05) is 5.69 Å². The number of aryl methyl sites for hydroxylation is 1. The summed E-state index contributed by atoms with van der Waals surface area (Å²) in [7, 11) is -3.74. The van der Waals surface area contributed by atoms with Gasteiger partial charge >= 0.3 is 5.97 Å². The topological polar surface area (TPSA) is 89.5 Å². The molecule has 0 aliphatic heterocycles. The first-order valence-electron chi connectivity index (χ1n) is 8.19. The quantitative estimate of drug-likeness (QED) is 0.577. The summed E-state index contributed by atoms with van der Waals surface area (Å²) in [6, 6.07) is 9.76. The molecule has 27 heavy (non-hydrogen) atoms. The van der Waals surface area contributed by atoms with Gasteiger partial charge in [-0.2, -0.15) is 0 Å². The SMILES string of the molecule is Cc1cccc(NC(=O)COC(=O)CCS(=O)(=O)c2ccc(F)cc2)c1C. The van der Waals surface area contributed by atoms with E-state index in [0.717, 1.165) is 35.4 Å². The number of amides is 1. The zero-order chi connectivity index (χ0) is 20.0. The number of nitrogens with one attached hydrogen (secondary N) is 1. The predicted octanol–water partition coefficient (Wildman–Crippen LogP) is 2.79. The van der Waals surface area contributed by atoms with Gasteiger partial charge in [-0.25, -0.2) is 12.8 Å². The monoisotopic (exact) mass is 393 g/mol. The number of carbonyl (C=O) groups is 2. The van der Waals surface area contributed by atoms with E-state index in [2.05, 4.69) is 5.32 Å². The van der Waals surface area contributed by atoms with Crippen LogP contribution < -0.4 is 5.32 Å². The molecule has 144 valence electrons. The molecule has 0 fully saturated rings. The third-order valence-electron chi connectivity index (χ3n) is 3.99. The van der Waals surface area contributed by atoms with Crippen LogP contribution in [-0.2, 0) is 24.2 Å². The van der Waals surface area contributed by atoms with Crippen LogP contribution in [0, 0.1) is 19.7 Å². The van der Waals surface area contributed by atoms with Crippen molar-refractivity contribution >= 4 is 27.4 Å². The number of hydrogen-bond donors (Lipinski definition) is 1. The van der Waals surface area contributed by atoms with E-state index in [9.17, 15) is 22.4 Å². The summed E-state index contributed by atoms with van der Waals surface area (Å²) in [6.07, 6.45) is -0.406. The van der Waals surface area contributed by atoms with Gasteiger partial charge in [-0.05, 0) is 55.3 Å². The van der Waals surface area contributed by atoms with Crippen LogP contribution in [0.15, 0.2) is 47.4 Å². The van der Waals surface area contributed by atoms with E-state index in [4.69, 9.17) is 4.74 Å². The van der Waals surface area contributed by atoms with E-state index in [-0.39, 0.29) is 4.90 Å². The van der Waals surface area contributed by atoms with Crippen LogP contribution in [0.25, 0.3) is 0 Å². The fourth-order valence-corrected chi connectivity index (χ4v) is 3.49. The lowest BCUT2D eigenvalue weighted by Gasteiger charge is -2.10. The lowest BCUT2D eigenvalue weighted by molar-refractivity contribution is -0.146. The highest BCUT2D eigenvalue weighted by molar-refractivity contribution is 7.91. The van der Waals surface area contributed by atoms with Gasteiger partial charge in [0.05, 0.1) is 17.1 Å². The van der Waals surface area contributed by atoms with Crippen molar-refractivity contribution in [3.8, 4) is 0 Å².